The number of rotatable bonds is 2. The minimum Gasteiger partial charge on any atom is -0.467 e. The van der Waals surface area contributed by atoms with Gasteiger partial charge in [-0.3, -0.25) is 0 Å². The highest BCUT2D eigenvalue weighted by atomic mass is 16.7. The molecule has 0 aromatic heterocycles. The molecule has 1 saturated heterocycles. The van der Waals surface area contributed by atoms with Crippen LogP contribution in [0.15, 0.2) is 23.8 Å². The Balaban J connectivity index is 2.16. The van der Waals surface area contributed by atoms with Crippen molar-refractivity contribution in [3.63, 3.8) is 0 Å². The van der Waals surface area contributed by atoms with E-state index in [-0.39, 0.29) is 0 Å². The Morgan fingerprint density at radius 1 is 1.40 bits per heavy atom. The molecule has 2 atom stereocenters. The zero-order valence-electron chi connectivity index (χ0n) is 8.35. The highest BCUT2D eigenvalue weighted by Crippen LogP contribution is 2.43. The maximum absolute atomic E-state index is 11.3. The van der Waals surface area contributed by atoms with Gasteiger partial charge in [-0.2, -0.15) is 0 Å². The highest BCUT2D eigenvalue weighted by Gasteiger charge is 2.62. The number of fused-ring (bicyclic) bond motifs is 1. The fraction of sp³-hybridized carbons (Fsp3) is 0.400. The molecule has 1 aliphatic carbocycles. The number of hydrogen-bond acceptors (Lipinski definition) is 5. The van der Waals surface area contributed by atoms with Gasteiger partial charge >= 0.3 is 11.9 Å². The summed E-state index contributed by atoms with van der Waals surface area (Å²) in [5.74, 6) is -0.899. The Labute approximate surface area is 86.3 Å². The number of carbonyl (C=O) groups excluding carboxylic acids is 2. The van der Waals surface area contributed by atoms with Crippen LogP contribution in [0.2, 0.25) is 0 Å². The van der Waals surface area contributed by atoms with E-state index in [1.807, 2.05) is 0 Å². The lowest BCUT2D eigenvalue weighted by Gasteiger charge is -2.08. The second-order valence-corrected chi connectivity index (χ2v) is 3.27. The van der Waals surface area contributed by atoms with Crippen LogP contribution >= 0.6 is 0 Å². The summed E-state index contributed by atoms with van der Waals surface area (Å²) in [7, 11) is 2.59. The molecular formula is C10H10O5. The molecular weight excluding hydrogens is 200 g/mol. The summed E-state index contributed by atoms with van der Waals surface area (Å²) < 4.78 is 14.3. The average Bonchev–Trinajstić information content (AvgIpc) is 3.01. The van der Waals surface area contributed by atoms with Crippen LogP contribution in [0.3, 0.4) is 0 Å². The number of epoxide rings is 1. The number of hydrogen-bond donors (Lipinski definition) is 0. The Kier molecular flexibility index (Phi) is 2.12. The first-order valence-corrected chi connectivity index (χ1v) is 4.39. The monoisotopic (exact) mass is 210 g/mol. The molecule has 80 valence electrons. The smallest absolute Gasteiger partial charge is 0.345 e. The SMILES string of the molecule is COC(=O)C1=CC2OC2(C(=O)OC)C=C1. The van der Waals surface area contributed by atoms with Crippen LogP contribution in [0.4, 0.5) is 0 Å². The number of esters is 2. The first-order valence-electron chi connectivity index (χ1n) is 4.39. The van der Waals surface area contributed by atoms with Gasteiger partial charge in [0.05, 0.1) is 19.8 Å². The molecule has 0 aromatic carbocycles. The van der Waals surface area contributed by atoms with Crippen molar-refractivity contribution in [3.05, 3.63) is 23.8 Å². The predicted octanol–water partition coefficient (Wildman–Crippen LogP) is -0.0338. The van der Waals surface area contributed by atoms with Gasteiger partial charge in [-0.1, -0.05) is 0 Å². The van der Waals surface area contributed by atoms with Crippen LogP contribution < -0.4 is 0 Å². The average molecular weight is 210 g/mol. The van der Waals surface area contributed by atoms with E-state index in [0.717, 1.165) is 0 Å². The van der Waals surface area contributed by atoms with Gasteiger partial charge in [0, 0.05) is 0 Å². The molecule has 0 radical (unpaired) electrons. The van der Waals surface area contributed by atoms with Gasteiger partial charge < -0.3 is 14.2 Å². The van der Waals surface area contributed by atoms with E-state index in [1.54, 1.807) is 6.08 Å². The maximum Gasteiger partial charge on any atom is 0.345 e. The second kappa shape index (κ2) is 3.20. The summed E-state index contributed by atoms with van der Waals surface area (Å²) in [6.07, 6.45) is 4.18. The van der Waals surface area contributed by atoms with E-state index in [1.165, 1.54) is 26.4 Å². The highest BCUT2D eigenvalue weighted by molar-refractivity contribution is 5.95. The number of methoxy groups -OCH3 is 2. The summed E-state index contributed by atoms with van der Waals surface area (Å²) in [6.45, 7) is 0. The standard InChI is InChI=1S/C10H10O5/c1-13-8(11)6-3-4-10(9(12)14-2)7(5-6)15-10/h3-5,7H,1-2H3. The molecule has 2 aliphatic rings. The Morgan fingerprint density at radius 3 is 2.67 bits per heavy atom. The fourth-order valence-corrected chi connectivity index (χ4v) is 1.55. The third-order valence-electron chi connectivity index (χ3n) is 2.45. The van der Waals surface area contributed by atoms with Gasteiger partial charge in [-0.25, -0.2) is 9.59 Å². The lowest BCUT2D eigenvalue weighted by molar-refractivity contribution is -0.145. The van der Waals surface area contributed by atoms with Gasteiger partial charge in [0.15, 0.2) is 0 Å². The van der Waals surface area contributed by atoms with E-state index in [9.17, 15) is 9.59 Å². The van der Waals surface area contributed by atoms with Gasteiger partial charge in [0.1, 0.15) is 6.10 Å². The summed E-state index contributed by atoms with van der Waals surface area (Å²) in [5, 5.41) is 0. The van der Waals surface area contributed by atoms with Crippen LogP contribution in [-0.2, 0) is 23.8 Å². The molecule has 2 rings (SSSR count). The quantitative estimate of drug-likeness (QED) is 0.473. The van der Waals surface area contributed by atoms with Gasteiger partial charge in [-0.05, 0) is 18.2 Å². The Bertz CT molecular complexity index is 381. The molecule has 1 aliphatic heterocycles. The summed E-state index contributed by atoms with van der Waals surface area (Å²) in [4.78, 5) is 22.5. The number of ether oxygens (including phenoxy) is 3. The van der Waals surface area contributed by atoms with E-state index in [0.29, 0.717) is 5.57 Å². The van der Waals surface area contributed by atoms with Crippen LogP contribution in [0, 0.1) is 0 Å². The molecule has 5 heteroatoms. The van der Waals surface area contributed by atoms with Gasteiger partial charge in [0.2, 0.25) is 5.60 Å². The second-order valence-electron chi connectivity index (χ2n) is 3.27. The molecule has 5 nitrogen and oxygen atoms in total. The molecule has 0 spiro atoms. The van der Waals surface area contributed by atoms with Gasteiger partial charge in [0.25, 0.3) is 0 Å². The lowest BCUT2D eigenvalue weighted by atomic mass is 9.97. The lowest BCUT2D eigenvalue weighted by Crippen LogP contribution is -2.28. The summed E-state index contributed by atoms with van der Waals surface area (Å²) in [6, 6.07) is 0. The van der Waals surface area contributed by atoms with E-state index in [4.69, 9.17) is 4.74 Å². The minimum absolute atomic E-state index is 0.388. The van der Waals surface area contributed by atoms with Crippen molar-refractivity contribution in [1.29, 1.82) is 0 Å². The third-order valence-corrected chi connectivity index (χ3v) is 2.45. The van der Waals surface area contributed by atoms with Crippen LogP contribution in [-0.4, -0.2) is 37.9 Å². The zero-order chi connectivity index (χ0) is 11.1. The molecule has 2 unspecified atom stereocenters. The molecule has 1 fully saturated rings. The zero-order valence-corrected chi connectivity index (χ0v) is 8.35. The van der Waals surface area contributed by atoms with Gasteiger partial charge in [-0.15, -0.1) is 0 Å². The van der Waals surface area contributed by atoms with Crippen molar-refractivity contribution in [2.75, 3.05) is 14.2 Å². The summed E-state index contributed by atoms with van der Waals surface area (Å²) >= 11 is 0. The normalized spacial score (nSPS) is 31.3. The van der Waals surface area contributed by atoms with Crippen molar-refractivity contribution in [1.82, 2.24) is 0 Å². The molecule has 0 aromatic rings. The van der Waals surface area contributed by atoms with Crippen LogP contribution in [0.25, 0.3) is 0 Å². The Morgan fingerprint density at radius 2 is 2.13 bits per heavy atom. The first-order chi connectivity index (χ1) is 7.14. The topological polar surface area (TPSA) is 65.1 Å². The third kappa shape index (κ3) is 1.35. The molecule has 0 bridgehead atoms. The largest absolute Gasteiger partial charge is 0.467 e. The molecule has 0 saturated carbocycles. The molecule has 15 heavy (non-hydrogen) atoms. The fourth-order valence-electron chi connectivity index (χ4n) is 1.55. The minimum atomic E-state index is -1.01. The van der Waals surface area contributed by atoms with E-state index in [2.05, 4.69) is 9.47 Å². The summed E-state index contributed by atoms with van der Waals surface area (Å²) in [5.41, 5.74) is -0.619. The molecule has 1 heterocycles. The Hall–Kier alpha value is -1.62. The van der Waals surface area contributed by atoms with Crippen molar-refractivity contribution >= 4 is 11.9 Å². The van der Waals surface area contributed by atoms with Crippen LogP contribution in [0.1, 0.15) is 0 Å². The first kappa shape index (κ1) is 9.92. The number of carbonyl (C=O) groups is 2. The van der Waals surface area contributed by atoms with E-state index >= 15 is 0 Å². The predicted molar refractivity (Wildman–Crippen MR) is 48.9 cm³/mol. The molecule has 0 amide bonds. The van der Waals surface area contributed by atoms with Crippen LogP contribution in [0.5, 0.6) is 0 Å². The van der Waals surface area contributed by atoms with Crippen molar-refractivity contribution in [2.45, 2.75) is 11.7 Å². The molecule has 0 N–H and O–H groups in total. The van der Waals surface area contributed by atoms with Crippen molar-refractivity contribution < 1.29 is 23.8 Å². The van der Waals surface area contributed by atoms with Crippen molar-refractivity contribution in [2.24, 2.45) is 0 Å². The maximum atomic E-state index is 11.3. The van der Waals surface area contributed by atoms with E-state index < -0.39 is 23.6 Å². The van der Waals surface area contributed by atoms with Crippen molar-refractivity contribution in [3.8, 4) is 0 Å².